The lowest BCUT2D eigenvalue weighted by Gasteiger charge is -2.39. The fraction of sp³-hybridized carbons (Fsp3) is 0.417. The summed E-state index contributed by atoms with van der Waals surface area (Å²) < 4.78 is 25.9. The predicted molar refractivity (Wildman–Crippen MR) is 122 cm³/mol. The van der Waals surface area contributed by atoms with E-state index < -0.39 is 0 Å². The summed E-state index contributed by atoms with van der Waals surface area (Å²) in [5.41, 5.74) is 0.724. The van der Waals surface area contributed by atoms with Gasteiger partial charge in [0.25, 0.3) is 5.19 Å². The number of hydrogen-bond donors (Lipinski definition) is 1. The number of aromatic nitrogens is 1. The first-order valence-corrected chi connectivity index (χ1v) is 11.8. The van der Waals surface area contributed by atoms with Crippen molar-refractivity contribution in [3.63, 3.8) is 0 Å². The summed E-state index contributed by atoms with van der Waals surface area (Å²) >= 11 is 1.32. The van der Waals surface area contributed by atoms with Crippen molar-refractivity contribution in [2.24, 2.45) is 0 Å². The molecule has 0 radical (unpaired) electrons. The number of rotatable bonds is 7. The number of piperidine rings is 1. The van der Waals surface area contributed by atoms with Crippen molar-refractivity contribution in [1.29, 1.82) is 0 Å². The van der Waals surface area contributed by atoms with E-state index in [0.29, 0.717) is 35.7 Å². The summed E-state index contributed by atoms with van der Waals surface area (Å²) in [6.07, 6.45) is 4.46. The normalized spacial score (nSPS) is 22.8. The smallest absolute Gasteiger partial charge is 0.279 e. The Morgan fingerprint density at radius 2 is 1.88 bits per heavy atom. The van der Waals surface area contributed by atoms with Gasteiger partial charge in [-0.3, -0.25) is 9.69 Å². The molecule has 2 saturated heterocycles. The summed E-state index contributed by atoms with van der Waals surface area (Å²) in [7, 11) is 0. The van der Waals surface area contributed by atoms with Crippen molar-refractivity contribution in [2.75, 3.05) is 13.2 Å². The van der Waals surface area contributed by atoms with E-state index >= 15 is 0 Å². The fourth-order valence-electron chi connectivity index (χ4n) is 4.94. The van der Waals surface area contributed by atoms with Gasteiger partial charge >= 0.3 is 0 Å². The van der Waals surface area contributed by atoms with Crippen molar-refractivity contribution in [3.05, 3.63) is 48.3 Å². The molecule has 2 aliphatic rings. The molecule has 0 saturated carbocycles. The van der Waals surface area contributed by atoms with Crippen molar-refractivity contribution >= 4 is 27.5 Å². The minimum atomic E-state index is -0.278. The fourth-order valence-corrected chi connectivity index (χ4v) is 5.80. The SMILES string of the molecule is CC(=O)N[C@@H]1C[C@H]2CC[C@@H](C1)N2CCOc1ccc(Oc2nc3ccc(F)cc3s2)cc1. The second-order valence-electron chi connectivity index (χ2n) is 8.51. The molecule has 1 amide bonds. The number of halogens is 1. The van der Waals surface area contributed by atoms with Crippen LogP contribution in [0.3, 0.4) is 0 Å². The number of hydrogen-bond acceptors (Lipinski definition) is 6. The van der Waals surface area contributed by atoms with E-state index in [2.05, 4.69) is 15.2 Å². The minimum Gasteiger partial charge on any atom is -0.492 e. The Hall–Kier alpha value is -2.71. The molecule has 0 aliphatic carbocycles. The second kappa shape index (κ2) is 9.03. The Morgan fingerprint density at radius 1 is 1.16 bits per heavy atom. The van der Waals surface area contributed by atoms with Gasteiger partial charge in [-0.2, -0.15) is 0 Å². The first-order chi connectivity index (χ1) is 15.5. The summed E-state index contributed by atoms with van der Waals surface area (Å²) in [6.45, 7) is 3.11. The molecule has 5 rings (SSSR count). The number of carbonyl (C=O) groups excluding carboxylic acids is 1. The van der Waals surface area contributed by atoms with E-state index in [9.17, 15) is 9.18 Å². The maximum absolute atomic E-state index is 13.4. The monoisotopic (exact) mass is 455 g/mol. The summed E-state index contributed by atoms with van der Waals surface area (Å²) in [5.74, 6) is 1.24. The van der Waals surface area contributed by atoms with Crippen molar-refractivity contribution < 1.29 is 18.7 Å². The zero-order valence-electron chi connectivity index (χ0n) is 17.9. The molecule has 0 unspecified atom stereocenters. The highest BCUT2D eigenvalue weighted by Crippen LogP contribution is 2.36. The van der Waals surface area contributed by atoms with Crippen LogP contribution >= 0.6 is 11.3 Å². The number of thiazole rings is 1. The Morgan fingerprint density at radius 3 is 2.59 bits per heavy atom. The molecule has 1 aromatic heterocycles. The Kier molecular flexibility index (Phi) is 5.97. The van der Waals surface area contributed by atoms with Crippen LogP contribution in [0.25, 0.3) is 10.2 Å². The minimum absolute atomic E-state index is 0.0654. The van der Waals surface area contributed by atoms with Gasteiger partial charge in [0.2, 0.25) is 5.91 Å². The zero-order valence-corrected chi connectivity index (χ0v) is 18.7. The Bertz CT molecular complexity index is 1090. The molecule has 8 heteroatoms. The molecule has 32 heavy (non-hydrogen) atoms. The van der Waals surface area contributed by atoms with E-state index in [0.717, 1.165) is 35.4 Å². The zero-order chi connectivity index (χ0) is 22.1. The van der Waals surface area contributed by atoms with Gasteiger partial charge in [-0.1, -0.05) is 11.3 Å². The van der Waals surface area contributed by atoms with E-state index in [1.165, 1.54) is 36.3 Å². The highest BCUT2D eigenvalue weighted by Gasteiger charge is 2.40. The Balaban J connectivity index is 1.12. The third-order valence-electron chi connectivity index (χ3n) is 6.27. The van der Waals surface area contributed by atoms with E-state index in [4.69, 9.17) is 9.47 Å². The van der Waals surface area contributed by atoms with Crippen LogP contribution in [0, 0.1) is 5.82 Å². The van der Waals surface area contributed by atoms with Crippen LogP contribution in [0.5, 0.6) is 16.7 Å². The van der Waals surface area contributed by atoms with Gasteiger partial charge in [0, 0.05) is 31.6 Å². The molecular weight excluding hydrogens is 429 g/mol. The molecule has 2 aliphatic heterocycles. The van der Waals surface area contributed by atoms with Gasteiger partial charge in [0.15, 0.2) is 0 Å². The molecule has 1 N–H and O–H groups in total. The topological polar surface area (TPSA) is 63.7 Å². The van der Waals surface area contributed by atoms with Crippen LogP contribution in [0.1, 0.15) is 32.6 Å². The third-order valence-corrected chi connectivity index (χ3v) is 7.17. The molecule has 3 heterocycles. The highest BCUT2D eigenvalue weighted by molar-refractivity contribution is 7.20. The summed E-state index contributed by atoms with van der Waals surface area (Å²) in [5, 5.41) is 3.57. The van der Waals surface area contributed by atoms with Gasteiger partial charge in [0.05, 0.1) is 10.2 Å². The quantitative estimate of drug-likeness (QED) is 0.558. The summed E-state index contributed by atoms with van der Waals surface area (Å²) in [6, 6.07) is 13.4. The molecule has 2 bridgehead atoms. The molecule has 2 aromatic carbocycles. The van der Waals surface area contributed by atoms with Crippen LogP contribution < -0.4 is 14.8 Å². The molecule has 0 spiro atoms. The van der Waals surface area contributed by atoms with Crippen molar-refractivity contribution in [1.82, 2.24) is 15.2 Å². The lowest BCUT2D eigenvalue weighted by molar-refractivity contribution is -0.120. The lowest BCUT2D eigenvalue weighted by Crippen LogP contribution is -2.51. The van der Waals surface area contributed by atoms with Gasteiger partial charge in [-0.15, -0.1) is 0 Å². The van der Waals surface area contributed by atoms with Crippen LogP contribution in [0.2, 0.25) is 0 Å². The molecule has 3 aromatic rings. The van der Waals surface area contributed by atoms with Crippen LogP contribution in [0.4, 0.5) is 4.39 Å². The molecule has 3 atom stereocenters. The van der Waals surface area contributed by atoms with Gasteiger partial charge < -0.3 is 14.8 Å². The molecular formula is C24H26FN3O3S. The second-order valence-corrected chi connectivity index (χ2v) is 9.50. The summed E-state index contributed by atoms with van der Waals surface area (Å²) in [4.78, 5) is 18.3. The predicted octanol–water partition coefficient (Wildman–Crippen LogP) is 4.74. The molecule has 6 nitrogen and oxygen atoms in total. The van der Waals surface area contributed by atoms with E-state index in [-0.39, 0.29) is 11.7 Å². The van der Waals surface area contributed by atoms with E-state index in [1.807, 2.05) is 24.3 Å². The first kappa shape index (κ1) is 21.2. The number of nitrogens with zero attached hydrogens (tertiary/aromatic N) is 2. The van der Waals surface area contributed by atoms with E-state index in [1.54, 1.807) is 13.0 Å². The number of nitrogens with one attached hydrogen (secondary N) is 1. The number of benzene rings is 2. The third kappa shape index (κ3) is 4.71. The maximum atomic E-state index is 13.4. The van der Waals surface area contributed by atoms with Gasteiger partial charge in [-0.05, 0) is 68.1 Å². The number of carbonyl (C=O) groups is 1. The number of amides is 1. The standard InChI is InChI=1S/C24H26FN3O3S/c1-15(29)26-17-13-18-3-4-19(14-17)28(18)10-11-30-20-5-7-21(8-6-20)31-24-27-22-9-2-16(25)12-23(22)32-24/h2,5-9,12,17-19H,3-4,10-11,13-14H2,1H3,(H,26,29)/t17-,18-,19+. The highest BCUT2D eigenvalue weighted by atomic mass is 32.1. The van der Waals surface area contributed by atoms with Crippen molar-refractivity contribution in [3.8, 4) is 16.7 Å². The first-order valence-electron chi connectivity index (χ1n) is 11.0. The molecule has 168 valence electrons. The van der Waals surface area contributed by atoms with Crippen LogP contribution in [-0.2, 0) is 4.79 Å². The average Bonchev–Trinajstić information content (AvgIpc) is 3.25. The molecule has 2 fully saturated rings. The average molecular weight is 456 g/mol. The van der Waals surface area contributed by atoms with Crippen LogP contribution in [-0.4, -0.2) is 47.1 Å². The van der Waals surface area contributed by atoms with Crippen molar-refractivity contribution in [2.45, 2.75) is 50.7 Å². The number of fused-ring (bicyclic) bond motifs is 3. The van der Waals surface area contributed by atoms with Crippen LogP contribution in [0.15, 0.2) is 42.5 Å². The maximum Gasteiger partial charge on any atom is 0.279 e. The number of ether oxygens (including phenoxy) is 2. The van der Waals surface area contributed by atoms with Gasteiger partial charge in [-0.25, -0.2) is 9.37 Å². The lowest BCUT2D eigenvalue weighted by atomic mass is 9.97. The largest absolute Gasteiger partial charge is 0.492 e. The Labute approximate surface area is 190 Å². The van der Waals surface area contributed by atoms with Gasteiger partial charge in [0.1, 0.15) is 23.9 Å².